The highest BCUT2D eigenvalue weighted by Crippen LogP contribution is 2.34. The van der Waals surface area contributed by atoms with Gasteiger partial charge in [-0.05, 0) is 19.8 Å². The minimum absolute atomic E-state index is 0.697. The molecule has 110 valence electrons. The van der Waals surface area contributed by atoms with Crippen molar-refractivity contribution in [1.82, 2.24) is 14.7 Å². The first-order valence-corrected chi connectivity index (χ1v) is 8.13. The second-order valence-corrected chi connectivity index (χ2v) is 6.00. The Labute approximate surface area is 123 Å². The maximum absolute atomic E-state index is 5.09. The fourth-order valence-electron chi connectivity index (χ4n) is 2.56. The van der Waals surface area contributed by atoms with Crippen LogP contribution in [0.2, 0.25) is 0 Å². The van der Waals surface area contributed by atoms with E-state index in [1.807, 2.05) is 0 Å². The predicted molar refractivity (Wildman–Crippen MR) is 82.7 cm³/mol. The van der Waals surface area contributed by atoms with Crippen molar-refractivity contribution in [2.24, 2.45) is 0 Å². The van der Waals surface area contributed by atoms with Gasteiger partial charge >= 0.3 is 0 Å². The lowest BCUT2D eigenvalue weighted by Gasteiger charge is -2.21. The summed E-state index contributed by atoms with van der Waals surface area (Å²) in [4.78, 5) is 8.38. The van der Waals surface area contributed by atoms with E-state index in [9.17, 15) is 0 Å². The summed E-state index contributed by atoms with van der Waals surface area (Å²) in [5.74, 6) is 1.16. The summed E-state index contributed by atoms with van der Waals surface area (Å²) in [6.45, 7) is 5.68. The number of nitrogens with one attached hydrogen (secondary N) is 1. The van der Waals surface area contributed by atoms with Crippen molar-refractivity contribution in [3.8, 4) is 0 Å². The van der Waals surface area contributed by atoms with Crippen LogP contribution in [0.5, 0.6) is 0 Å². The Balaban J connectivity index is 1.83. The first-order valence-electron chi connectivity index (χ1n) is 7.26. The van der Waals surface area contributed by atoms with Gasteiger partial charge in [0, 0.05) is 44.4 Å². The molecule has 0 bridgehead atoms. The standard InChI is InChI=1S/C14H22N4OS/c1-3-17(11-4-5-11)13-12(10-15-6-8-19-2)18-7-9-20-14(18)16-13/h7,9,11,15H,3-6,8,10H2,1-2H3. The maximum Gasteiger partial charge on any atom is 0.195 e. The lowest BCUT2D eigenvalue weighted by atomic mass is 10.3. The number of nitrogens with zero attached hydrogens (tertiary/aromatic N) is 3. The molecule has 5 nitrogen and oxygen atoms in total. The maximum atomic E-state index is 5.09. The smallest absolute Gasteiger partial charge is 0.195 e. The molecule has 1 N–H and O–H groups in total. The number of methoxy groups -OCH3 is 1. The highest BCUT2D eigenvalue weighted by atomic mass is 32.1. The minimum atomic E-state index is 0.697. The average molecular weight is 294 g/mol. The van der Waals surface area contributed by atoms with Crippen molar-refractivity contribution < 1.29 is 4.74 Å². The number of hydrogen-bond acceptors (Lipinski definition) is 5. The van der Waals surface area contributed by atoms with Gasteiger partial charge in [-0.1, -0.05) is 0 Å². The molecule has 0 unspecified atom stereocenters. The molecule has 1 aliphatic carbocycles. The quantitative estimate of drug-likeness (QED) is 0.757. The molecule has 0 amide bonds. The van der Waals surface area contributed by atoms with Gasteiger partial charge in [0.1, 0.15) is 0 Å². The third kappa shape index (κ3) is 2.68. The number of anilines is 1. The monoisotopic (exact) mass is 294 g/mol. The Hall–Kier alpha value is -1.11. The summed E-state index contributed by atoms with van der Waals surface area (Å²) in [6.07, 6.45) is 4.72. The molecule has 0 saturated heterocycles. The van der Waals surface area contributed by atoms with Gasteiger partial charge in [0.05, 0.1) is 12.3 Å². The molecule has 3 rings (SSSR count). The van der Waals surface area contributed by atoms with E-state index in [0.29, 0.717) is 6.04 Å². The van der Waals surface area contributed by atoms with Gasteiger partial charge in [0.15, 0.2) is 10.8 Å². The molecule has 2 aromatic rings. The van der Waals surface area contributed by atoms with E-state index < -0.39 is 0 Å². The third-order valence-corrected chi connectivity index (χ3v) is 4.47. The van der Waals surface area contributed by atoms with Crippen molar-refractivity contribution in [2.45, 2.75) is 32.4 Å². The van der Waals surface area contributed by atoms with Gasteiger partial charge in [-0.25, -0.2) is 4.98 Å². The Morgan fingerprint density at radius 1 is 1.55 bits per heavy atom. The molecule has 20 heavy (non-hydrogen) atoms. The molecule has 0 aromatic carbocycles. The summed E-state index contributed by atoms with van der Waals surface area (Å²) in [5, 5.41) is 5.54. The van der Waals surface area contributed by atoms with Crippen LogP contribution in [-0.2, 0) is 11.3 Å². The van der Waals surface area contributed by atoms with Gasteiger partial charge in [-0.15, -0.1) is 11.3 Å². The Kier molecular flexibility index (Phi) is 4.24. The SMILES string of the molecule is CCN(c1nc2sccn2c1CNCCOC)C1CC1. The molecule has 6 heteroatoms. The molecule has 1 fully saturated rings. The number of hydrogen-bond donors (Lipinski definition) is 1. The molecular formula is C14H22N4OS. The van der Waals surface area contributed by atoms with Gasteiger partial charge in [0.2, 0.25) is 0 Å². The number of rotatable bonds is 8. The van der Waals surface area contributed by atoms with E-state index in [1.165, 1.54) is 18.5 Å². The van der Waals surface area contributed by atoms with E-state index in [1.54, 1.807) is 18.4 Å². The van der Waals surface area contributed by atoms with Crippen molar-refractivity contribution in [1.29, 1.82) is 0 Å². The van der Waals surface area contributed by atoms with E-state index in [2.05, 4.69) is 33.1 Å². The van der Waals surface area contributed by atoms with Crippen LogP contribution in [0.4, 0.5) is 5.82 Å². The molecule has 0 radical (unpaired) electrons. The van der Waals surface area contributed by atoms with Gasteiger partial charge in [-0.2, -0.15) is 0 Å². The Morgan fingerprint density at radius 2 is 2.40 bits per heavy atom. The van der Waals surface area contributed by atoms with Crippen LogP contribution in [0.1, 0.15) is 25.5 Å². The van der Waals surface area contributed by atoms with Crippen LogP contribution in [0.3, 0.4) is 0 Å². The van der Waals surface area contributed by atoms with Crippen molar-refractivity contribution >= 4 is 22.1 Å². The topological polar surface area (TPSA) is 41.8 Å². The molecule has 1 aliphatic rings. The fourth-order valence-corrected chi connectivity index (χ4v) is 3.29. The van der Waals surface area contributed by atoms with Crippen LogP contribution in [0.15, 0.2) is 11.6 Å². The second kappa shape index (κ2) is 6.11. The van der Waals surface area contributed by atoms with E-state index in [-0.39, 0.29) is 0 Å². The number of ether oxygens (including phenoxy) is 1. The second-order valence-electron chi connectivity index (χ2n) is 5.12. The van der Waals surface area contributed by atoms with Gasteiger partial charge < -0.3 is 15.0 Å². The molecule has 0 spiro atoms. The zero-order valence-electron chi connectivity index (χ0n) is 12.1. The van der Waals surface area contributed by atoms with E-state index in [4.69, 9.17) is 9.72 Å². The molecule has 0 aliphatic heterocycles. The lowest BCUT2D eigenvalue weighted by Crippen LogP contribution is -2.28. The van der Waals surface area contributed by atoms with Gasteiger partial charge in [-0.3, -0.25) is 4.40 Å². The van der Waals surface area contributed by atoms with Crippen molar-refractivity contribution in [3.63, 3.8) is 0 Å². The molecule has 1 saturated carbocycles. The minimum Gasteiger partial charge on any atom is -0.383 e. The number of aromatic nitrogens is 2. The average Bonchev–Trinajstić information content (AvgIpc) is 3.08. The lowest BCUT2D eigenvalue weighted by molar-refractivity contribution is 0.199. The first kappa shape index (κ1) is 13.9. The van der Waals surface area contributed by atoms with E-state index >= 15 is 0 Å². The summed E-state index contributed by atoms with van der Waals surface area (Å²) < 4.78 is 7.30. The fraction of sp³-hybridized carbons (Fsp3) is 0.643. The summed E-state index contributed by atoms with van der Waals surface area (Å²) >= 11 is 1.70. The van der Waals surface area contributed by atoms with Crippen molar-refractivity contribution in [3.05, 3.63) is 17.3 Å². The molecule has 0 atom stereocenters. The Morgan fingerprint density at radius 3 is 3.10 bits per heavy atom. The largest absolute Gasteiger partial charge is 0.383 e. The Bertz CT molecular complexity index is 561. The summed E-state index contributed by atoms with van der Waals surface area (Å²) in [6, 6.07) is 0.697. The van der Waals surface area contributed by atoms with Crippen LogP contribution in [0.25, 0.3) is 4.96 Å². The zero-order valence-corrected chi connectivity index (χ0v) is 12.9. The first-order chi connectivity index (χ1) is 9.85. The predicted octanol–water partition coefficient (Wildman–Crippen LogP) is 2.12. The number of thiazole rings is 1. The zero-order chi connectivity index (χ0) is 13.9. The number of fused-ring (bicyclic) bond motifs is 1. The van der Waals surface area contributed by atoms with Crippen LogP contribution < -0.4 is 10.2 Å². The van der Waals surface area contributed by atoms with Crippen LogP contribution in [0, 0.1) is 0 Å². The van der Waals surface area contributed by atoms with Crippen LogP contribution >= 0.6 is 11.3 Å². The van der Waals surface area contributed by atoms with Gasteiger partial charge in [0.25, 0.3) is 0 Å². The summed E-state index contributed by atoms with van der Waals surface area (Å²) in [7, 11) is 1.73. The molecule has 2 aromatic heterocycles. The normalized spacial score (nSPS) is 15.1. The summed E-state index contributed by atoms with van der Waals surface area (Å²) in [5.41, 5.74) is 1.27. The molecular weight excluding hydrogens is 272 g/mol. The third-order valence-electron chi connectivity index (χ3n) is 3.72. The highest BCUT2D eigenvalue weighted by Gasteiger charge is 2.31. The molecule has 2 heterocycles. The highest BCUT2D eigenvalue weighted by molar-refractivity contribution is 7.15. The number of imidazole rings is 1. The van der Waals surface area contributed by atoms with Crippen molar-refractivity contribution in [2.75, 3.05) is 31.7 Å². The van der Waals surface area contributed by atoms with E-state index in [0.717, 1.165) is 37.0 Å². The van der Waals surface area contributed by atoms with Crippen LogP contribution in [-0.4, -0.2) is 42.2 Å².